The van der Waals surface area contributed by atoms with Gasteiger partial charge in [-0.1, -0.05) is 6.42 Å². The van der Waals surface area contributed by atoms with Crippen LogP contribution in [0.3, 0.4) is 0 Å². The Balaban J connectivity index is 0.000000425. The number of methoxy groups -OCH3 is 2. The second-order valence-electron chi connectivity index (χ2n) is 5.79. The van der Waals surface area contributed by atoms with Crippen LogP contribution in [0.5, 0.6) is 0 Å². The van der Waals surface area contributed by atoms with Crippen molar-refractivity contribution in [2.24, 2.45) is 0 Å². The summed E-state index contributed by atoms with van der Waals surface area (Å²) in [5, 5.41) is 0. The zero-order valence-corrected chi connectivity index (χ0v) is 15.6. The first-order valence-electron chi connectivity index (χ1n) is 8.44. The van der Waals surface area contributed by atoms with Gasteiger partial charge in [-0.2, -0.15) is 48.7 Å². The number of hydrogen-bond acceptors (Lipinski definition) is 3. The molecule has 0 spiro atoms. The second-order valence-corrected chi connectivity index (χ2v) is 5.79. The molecule has 1 aromatic carbocycles. The summed E-state index contributed by atoms with van der Waals surface area (Å²) < 4.78 is 15.8. The molecule has 0 radical (unpaired) electrons. The van der Waals surface area contributed by atoms with E-state index >= 15 is 0 Å². The van der Waals surface area contributed by atoms with E-state index in [0.29, 0.717) is 12.2 Å². The Morgan fingerprint density at radius 1 is 1.21 bits per heavy atom. The molecule has 1 aromatic rings. The summed E-state index contributed by atoms with van der Waals surface area (Å²) in [7, 11) is 3.48. The van der Waals surface area contributed by atoms with E-state index in [1.807, 2.05) is 18.2 Å². The molecule has 0 aromatic heterocycles. The molecule has 0 unspecified atom stereocenters. The van der Waals surface area contributed by atoms with Gasteiger partial charge in [0.2, 0.25) is 0 Å². The maximum absolute atomic E-state index is 5.71. The summed E-state index contributed by atoms with van der Waals surface area (Å²) in [4.78, 5) is 0. The van der Waals surface area contributed by atoms with Crippen molar-refractivity contribution in [3.05, 3.63) is 49.7 Å². The molecule has 0 bridgehead atoms. The van der Waals surface area contributed by atoms with Crippen LogP contribution in [0.25, 0.3) is 0 Å². The first kappa shape index (κ1) is 23.7. The quantitative estimate of drug-likeness (QED) is 0.386. The zero-order valence-electron chi connectivity index (χ0n) is 15.6. The predicted molar refractivity (Wildman–Crippen MR) is 94.1 cm³/mol. The normalized spacial score (nSPS) is 19.0. The van der Waals surface area contributed by atoms with Crippen LogP contribution >= 0.6 is 0 Å². The monoisotopic (exact) mass is 326 g/mol. The van der Waals surface area contributed by atoms with E-state index in [1.54, 1.807) is 14.2 Å². The molecule has 3 nitrogen and oxygen atoms in total. The fourth-order valence-electron chi connectivity index (χ4n) is 2.38. The van der Waals surface area contributed by atoms with Crippen LogP contribution < -0.4 is 18.9 Å². The first-order chi connectivity index (χ1) is 11.2. The summed E-state index contributed by atoms with van der Waals surface area (Å²) in [6, 6.07) is 11.1. The fourth-order valence-corrected chi connectivity index (χ4v) is 2.38. The summed E-state index contributed by atoms with van der Waals surface area (Å²) >= 11 is 0. The van der Waals surface area contributed by atoms with Gasteiger partial charge in [0, 0.05) is 26.9 Å². The largest absolute Gasteiger partial charge is 1.00 e. The van der Waals surface area contributed by atoms with Gasteiger partial charge in [0.1, 0.15) is 0 Å². The molecule has 0 saturated heterocycles. The number of aryl methyl sites for hydroxylation is 1. The van der Waals surface area contributed by atoms with Gasteiger partial charge in [-0.05, 0) is 19.3 Å². The molecule has 0 N–H and O–H groups in total. The Labute approximate surface area is 160 Å². The van der Waals surface area contributed by atoms with Gasteiger partial charge < -0.3 is 28.1 Å². The van der Waals surface area contributed by atoms with Crippen molar-refractivity contribution in [1.82, 2.24) is 0 Å². The molecule has 0 atom stereocenters. The molecule has 1 saturated carbocycles. The molecule has 24 heavy (non-hydrogen) atoms. The number of rotatable bonds is 9. The van der Waals surface area contributed by atoms with Gasteiger partial charge in [-0.3, -0.25) is 0 Å². The SMILES string of the molecule is COCCCc1c[c-]ccc1.[CH2-]CC(C[CH2-])OC1CC(OC)C1.[Li+]. The van der Waals surface area contributed by atoms with E-state index in [9.17, 15) is 0 Å². The van der Waals surface area contributed by atoms with Crippen molar-refractivity contribution in [3.63, 3.8) is 0 Å². The Morgan fingerprint density at radius 3 is 2.42 bits per heavy atom. The third kappa shape index (κ3) is 9.86. The van der Waals surface area contributed by atoms with Crippen molar-refractivity contribution >= 4 is 0 Å². The van der Waals surface area contributed by atoms with Crippen molar-refractivity contribution in [2.45, 2.75) is 56.8 Å². The summed E-state index contributed by atoms with van der Waals surface area (Å²) in [5.41, 5.74) is 1.34. The number of ether oxygens (including phenoxy) is 3. The maximum Gasteiger partial charge on any atom is 1.00 e. The van der Waals surface area contributed by atoms with Crippen LogP contribution in [0, 0.1) is 19.9 Å². The second kappa shape index (κ2) is 15.0. The van der Waals surface area contributed by atoms with E-state index < -0.39 is 0 Å². The van der Waals surface area contributed by atoms with Crippen molar-refractivity contribution in [2.75, 3.05) is 20.8 Å². The van der Waals surface area contributed by atoms with Crippen LogP contribution in [0.4, 0.5) is 0 Å². The molecule has 1 aliphatic rings. The third-order valence-corrected chi connectivity index (χ3v) is 4.00. The molecular formula is C20H31LiO3-2. The van der Waals surface area contributed by atoms with Gasteiger partial charge in [-0.25, -0.2) is 0 Å². The minimum Gasteiger partial charge on any atom is -0.385 e. The molecular weight excluding hydrogens is 295 g/mol. The van der Waals surface area contributed by atoms with Gasteiger partial charge in [-0.15, -0.1) is 0 Å². The maximum atomic E-state index is 5.71. The van der Waals surface area contributed by atoms with E-state index in [-0.39, 0.29) is 25.0 Å². The summed E-state index contributed by atoms with van der Waals surface area (Å²) in [5.74, 6) is 0. The molecule has 1 aliphatic carbocycles. The van der Waals surface area contributed by atoms with Gasteiger partial charge in [0.15, 0.2) is 0 Å². The van der Waals surface area contributed by atoms with Crippen LogP contribution in [0.15, 0.2) is 24.3 Å². The van der Waals surface area contributed by atoms with E-state index in [1.165, 1.54) is 5.56 Å². The number of hydrogen-bond donors (Lipinski definition) is 0. The molecule has 1 fully saturated rings. The Morgan fingerprint density at radius 2 is 1.92 bits per heavy atom. The molecule has 2 rings (SSSR count). The minimum atomic E-state index is 0. The van der Waals surface area contributed by atoms with Crippen LogP contribution in [0.2, 0.25) is 0 Å². The first-order valence-corrected chi connectivity index (χ1v) is 8.44. The Bertz CT molecular complexity index is 376. The smallest absolute Gasteiger partial charge is 0.385 e. The third-order valence-electron chi connectivity index (χ3n) is 4.00. The van der Waals surface area contributed by atoms with Crippen molar-refractivity contribution in [1.29, 1.82) is 0 Å². The number of benzene rings is 1. The van der Waals surface area contributed by atoms with Gasteiger partial charge >= 0.3 is 18.9 Å². The molecule has 132 valence electrons. The Kier molecular flexibility index (Phi) is 14.8. The minimum absolute atomic E-state index is 0. The van der Waals surface area contributed by atoms with Crippen molar-refractivity contribution in [3.8, 4) is 0 Å². The predicted octanol–water partition coefficient (Wildman–Crippen LogP) is 1.07. The van der Waals surface area contributed by atoms with Crippen LogP contribution in [-0.2, 0) is 20.6 Å². The zero-order chi connectivity index (χ0) is 16.9. The fraction of sp³-hybridized carbons (Fsp3) is 0.600. The van der Waals surface area contributed by atoms with E-state index in [0.717, 1.165) is 45.1 Å². The molecule has 0 heterocycles. The molecule has 0 aliphatic heterocycles. The standard InChI is InChI=1S/C10H18O2.C10H13O.Li/c1-4-8(5-2)12-10-6-9(7-10)11-3;1-11-9-5-8-10-6-3-2-4-7-10;/h8-10H,1-2,4-7H2,3H3;2-3,6-7H,5,8-9H2,1H3;/q-2;-1;+1. The summed E-state index contributed by atoms with van der Waals surface area (Å²) in [6.07, 6.45) is 6.94. The van der Waals surface area contributed by atoms with Crippen LogP contribution in [0.1, 0.15) is 37.7 Å². The average molecular weight is 326 g/mol. The van der Waals surface area contributed by atoms with Gasteiger partial charge in [0.05, 0.1) is 12.2 Å². The molecule has 4 heteroatoms. The average Bonchev–Trinajstić information content (AvgIpc) is 2.56. The Hall–Kier alpha value is -0.303. The van der Waals surface area contributed by atoms with Crippen molar-refractivity contribution < 1.29 is 33.1 Å². The molecule has 0 amide bonds. The van der Waals surface area contributed by atoms with Gasteiger partial charge in [0.25, 0.3) is 0 Å². The van der Waals surface area contributed by atoms with E-state index in [4.69, 9.17) is 14.2 Å². The topological polar surface area (TPSA) is 27.7 Å². The van der Waals surface area contributed by atoms with E-state index in [2.05, 4.69) is 26.0 Å². The summed E-state index contributed by atoms with van der Waals surface area (Å²) in [6.45, 7) is 8.46. The van der Waals surface area contributed by atoms with Crippen LogP contribution in [-0.4, -0.2) is 39.1 Å².